The molecule has 2 aliphatic rings. The molecular weight excluding hydrogens is 529 g/mol. The van der Waals surface area contributed by atoms with E-state index in [9.17, 15) is 0 Å². The highest BCUT2D eigenvalue weighted by molar-refractivity contribution is 14.1. The minimum atomic E-state index is 0.275. The lowest BCUT2D eigenvalue weighted by molar-refractivity contribution is 0.180. The number of benzene rings is 1. The first-order valence-corrected chi connectivity index (χ1v) is 13.2. The highest BCUT2D eigenvalue weighted by Crippen LogP contribution is 2.39. The lowest BCUT2D eigenvalue weighted by Crippen LogP contribution is -2.54. The third-order valence-electron chi connectivity index (χ3n) is 7.33. The highest BCUT2D eigenvalue weighted by atomic mass is 127. The van der Waals surface area contributed by atoms with Crippen LogP contribution in [0.25, 0.3) is 0 Å². The first kappa shape index (κ1) is 24.4. The first-order chi connectivity index (χ1) is 15.9. The van der Waals surface area contributed by atoms with Crippen molar-refractivity contribution in [3.63, 3.8) is 0 Å². The topological polar surface area (TPSA) is 89.2 Å². The first-order valence-electron chi connectivity index (χ1n) is 12.1. The van der Waals surface area contributed by atoms with Crippen LogP contribution in [0.3, 0.4) is 0 Å². The van der Waals surface area contributed by atoms with Crippen LogP contribution in [0.5, 0.6) is 5.75 Å². The van der Waals surface area contributed by atoms with Crippen molar-refractivity contribution in [3.05, 3.63) is 21.8 Å². The summed E-state index contributed by atoms with van der Waals surface area (Å²) in [6.07, 6.45) is 9.54. The minimum Gasteiger partial charge on any atom is -0.496 e. The van der Waals surface area contributed by atoms with E-state index in [2.05, 4.69) is 64.0 Å². The van der Waals surface area contributed by atoms with Gasteiger partial charge < -0.3 is 20.7 Å². The van der Waals surface area contributed by atoms with E-state index < -0.39 is 0 Å². The molecule has 2 heterocycles. The molecule has 9 heteroatoms. The molecule has 1 aromatic carbocycles. The quantitative estimate of drug-likeness (QED) is 0.301. The normalized spacial score (nSPS) is 20.7. The van der Waals surface area contributed by atoms with Gasteiger partial charge in [-0.1, -0.05) is 25.7 Å². The summed E-state index contributed by atoms with van der Waals surface area (Å²) in [4.78, 5) is 16.5. The maximum atomic E-state index is 6.26. The van der Waals surface area contributed by atoms with Gasteiger partial charge in [-0.25, -0.2) is 4.48 Å². The fraction of sp³-hybridized carbons (Fsp3) is 0.625. The minimum absolute atomic E-state index is 0.275. The SMILES string of the molecule is COc1ccc([N+](C)(c2nc(N)nc(NC3CCCCCC3)n2)C2CCN(C)CC2)cc1I. The number of hydrogen-bond acceptors (Lipinski definition) is 7. The third-order valence-corrected chi connectivity index (χ3v) is 8.18. The second kappa shape index (κ2) is 10.7. The van der Waals surface area contributed by atoms with Gasteiger partial charge in [-0.2, -0.15) is 4.98 Å². The van der Waals surface area contributed by atoms with Crippen LogP contribution in [-0.2, 0) is 0 Å². The Balaban J connectivity index is 1.73. The van der Waals surface area contributed by atoms with Gasteiger partial charge in [0.1, 0.15) is 17.5 Å². The van der Waals surface area contributed by atoms with E-state index in [4.69, 9.17) is 20.4 Å². The number of anilines is 2. The summed E-state index contributed by atoms with van der Waals surface area (Å²) in [5.74, 6) is 2.45. The third kappa shape index (κ3) is 5.51. The monoisotopic (exact) mass is 566 g/mol. The Morgan fingerprint density at radius 2 is 1.76 bits per heavy atom. The van der Waals surface area contributed by atoms with Crippen LogP contribution in [0.2, 0.25) is 0 Å². The number of nitrogens with zero attached hydrogens (tertiary/aromatic N) is 5. The number of likely N-dealkylation sites (tertiary alicyclic amines) is 1. The van der Waals surface area contributed by atoms with Gasteiger partial charge in [0, 0.05) is 44.1 Å². The number of nitrogens with one attached hydrogen (secondary N) is 1. The Labute approximate surface area is 211 Å². The van der Waals surface area contributed by atoms with Gasteiger partial charge in [0.15, 0.2) is 0 Å². The molecule has 0 spiro atoms. The molecule has 1 aromatic heterocycles. The number of halogens is 1. The van der Waals surface area contributed by atoms with Crippen LogP contribution < -0.4 is 20.3 Å². The highest BCUT2D eigenvalue weighted by Gasteiger charge is 2.42. The smallest absolute Gasteiger partial charge is 0.340 e. The molecule has 0 amide bonds. The predicted octanol–water partition coefficient (Wildman–Crippen LogP) is 4.56. The van der Waals surface area contributed by atoms with Gasteiger partial charge in [-0.05, 0) is 48.5 Å². The lowest BCUT2D eigenvalue weighted by atomic mass is 10.00. The standard InChI is InChI=1S/C24H37IN7O/c1-31-14-12-18(13-15-31)32(2,19-10-11-21(33-3)20(25)16-19)24-29-22(26)28-23(30-24)27-17-8-6-4-5-7-9-17/h10-11,16-18H,4-9,12-15H2,1-3H3,(H3,26,27,28,29,30)/q+1. The molecule has 1 aliphatic carbocycles. The number of piperidine rings is 1. The molecule has 4 rings (SSSR count). The maximum Gasteiger partial charge on any atom is 0.340 e. The molecule has 1 saturated heterocycles. The summed E-state index contributed by atoms with van der Waals surface area (Å²) < 4.78 is 7.09. The van der Waals surface area contributed by atoms with Crippen LogP contribution in [0.1, 0.15) is 51.4 Å². The molecule has 2 fully saturated rings. The number of hydrogen-bond donors (Lipinski definition) is 2. The van der Waals surface area contributed by atoms with E-state index in [1.54, 1.807) is 7.11 Å². The van der Waals surface area contributed by atoms with Crippen molar-refractivity contribution in [3.8, 4) is 5.75 Å². The second-order valence-corrected chi connectivity index (χ2v) is 10.7. The van der Waals surface area contributed by atoms with Gasteiger partial charge in [0.2, 0.25) is 11.9 Å². The number of ether oxygens (including phenoxy) is 1. The zero-order valence-electron chi connectivity index (χ0n) is 20.1. The van der Waals surface area contributed by atoms with Crippen molar-refractivity contribution in [2.24, 2.45) is 0 Å². The number of nitrogen functional groups attached to an aromatic ring is 1. The van der Waals surface area contributed by atoms with Crippen LogP contribution in [0.15, 0.2) is 18.2 Å². The number of nitrogens with two attached hydrogens (primary N) is 1. The van der Waals surface area contributed by atoms with Gasteiger partial charge in [0.05, 0.1) is 17.7 Å². The number of rotatable bonds is 6. The summed E-state index contributed by atoms with van der Waals surface area (Å²) in [6, 6.07) is 7.11. The average Bonchev–Trinajstić information content (AvgIpc) is 3.07. The van der Waals surface area contributed by atoms with Crippen molar-refractivity contribution in [2.45, 2.75) is 63.5 Å². The second-order valence-electron chi connectivity index (χ2n) is 9.58. The van der Waals surface area contributed by atoms with E-state index in [1.165, 1.54) is 25.7 Å². The van der Waals surface area contributed by atoms with Gasteiger partial charge in [0.25, 0.3) is 0 Å². The summed E-state index contributed by atoms with van der Waals surface area (Å²) in [5, 5.41) is 3.58. The lowest BCUT2D eigenvalue weighted by Gasteiger charge is -2.42. The molecule has 1 saturated carbocycles. The maximum absolute atomic E-state index is 6.26. The molecule has 0 bridgehead atoms. The molecular formula is C24H37IN7O+. The average molecular weight is 567 g/mol. The van der Waals surface area contributed by atoms with Crippen LogP contribution in [0.4, 0.5) is 23.5 Å². The van der Waals surface area contributed by atoms with E-state index in [1.807, 2.05) is 6.07 Å². The Morgan fingerprint density at radius 1 is 1.06 bits per heavy atom. The van der Waals surface area contributed by atoms with Crippen molar-refractivity contribution < 1.29 is 4.74 Å². The van der Waals surface area contributed by atoms with Gasteiger partial charge in [-0.3, -0.25) is 0 Å². The van der Waals surface area contributed by atoms with Crippen molar-refractivity contribution in [2.75, 3.05) is 45.3 Å². The number of methoxy groups -OCH3 is 1. The molecule has 1 aliphatic heterocycles. The molecule has 2 aromatic rings. The molecule has 1 unspecified atom stereocenters. The van der Waals surface area contributed by atoms with Gasteiger partial charge >= 0.3 is 5.95 Å². The van der Waals surface area contributed by atoms with Crippen molar-refractivity contribution >= 4 is 46.1 Å². The van der Waals surface area contributed by atoms with E-state index in [-0.39, 0.29) is 5.95 Å². The molecule has 8 nitrogen and oxygen atoms in total. The van der Waals surface area contributed by atoms with E-state index in [0.29, 0.717) is 28.5 Å². The number of aromatic nitrogens is 3. The summed E-state index contributed by atoms with van der Waals surface area (Å²) >= 11 is 2.34. The summed E-state index contributed by atoms with van der Waals surface area (Å²) in [6.45, 7) is 2.11. The Hall–Kier alpha value is -1.72. The van der Waals surface area contributed by atoms with Crippen molar-refractivity contribution in [1.29, 1.82) is 0 Å². The Bertz CT molecular complexity index is 942. The van der Waals surface area contributed by atoms with E-state index in [0.717, 1.165) is 53.8 Å². The van der Waals surface area contributed by atoms with E-state index >= 15 is 0 Å². The Morgan fingerprint density at radius 3 is 2.39 bits per heavy atom. The molecule has 0 radical (unpaired) electrons. The van der Waals surface area contributed by atoms with Crippen LogP contribution in [0, 0.1) is 3.57 Å². The fourth-order valence-corrected chi connectivity index (χ4v) is 5.92. The van der Waals surface area contributed by atoms with Crippen LogP contribution >= 0.6 is 22.6 Å². The largest absolute Gasteiger partial charge is 0.496 e. The summed E-state index contributed by atoms with van der Waals surface area (Å²) in [7, 11) is 6.12. The predicted molar refractivity (Wildman–Crippen MR) is 143 cm³/mol. The van der Waals surface area contributed by atoms with Crippen molar-refractivity contribution in [1.82, 2.24) is 24.3 Å². The molecule has 33 heavy (non-hydrogen) atoms. The summed E-state index contributed by atoms with van der Waals surface area (Å²) in [5.41, 5.74) is 7.39. The Kier molecular flexibility index (Phi) is 7.91. The molecule has 1 atom stereocenters. The van der Waals surface area contributed by atoms with Crippen LogP contribution in [-0.4, -0.2) is 66.2 Å². The molecule has 3 N–H and O–H groups in total. The zero-order valence-corrected chi connectivity index (χ0v) is 22.2. The zero-order chi connectivity index (χ0) is 23.4. The fourth-order valence-electron chi connectivity index (χ4n) is 5.20. The number of quaternary nitrogens is 1. The molecule has 180 valence electrons. The van der Waals surface area contributed by atoms with Gasteiger partial charge in [-0.15, -0.1) is 9.97 Å².